The van der Waals surface area contributed by atoms with E-state index >= 15 is 0 Å². The van der Waals surface area contributed by atoms with Gasteiger partial charge in [0.25, 0.3) is 0 Å². The van der Waals surface area contributed by atoms with Gasteiger partial charge in [-0.2, -0.15) is 0 Å². The van der Waals surface area contributed by atoms with E-state index in [0.29, 0.717) is 25.7 Å². The summed E-state index contributed by atoms with van der Waals surface area (Å²) in [7, 11) is 2.83. The molecular weight excluding hydrogens is 520 g/mol. The molecule has 3 amide bonds. The third kappa shape index (κ3) is 10.4. The van der Waals surface area contributed by atoms with E-state index in [4.69, 9.17) is 0 Å². The zero-order valence-corrected chi connectivity index (χ0v) is 24.1. The molecule has 0 saturated carbocycles. The molecule has 10 nitrogen and oxygen atoms in total. The topological polar surface area (TPSA) is 146 Å². The van der Waals surface area contributed by atoms with Crippen LogP contribution >= 0.6 is 11.8 Å². The summed E-state index contributed by atoms with van der Waals surface area (Å²) in [5, 5.41) is 8.29. The van der Waals surface area contributed by atoms with Crippen LogP contribution in [-0.4, -0.2) is 65.3 Å². The van der Waals surface area contributed by atoms with Crippen molar-refractivity contribution in [3.63, 3.8) is 0 Å². The number of nitrogens with one attached hydrogen (secondary N) is 4. The molecule has 11 heteroatoms. The zero-order valence-electron chi connectivity index (χ0n) is 23.3. The molecule has 0 radical (unpaired) electrons. The van der Waals surface area contributed by atoms with Gasteiger partial charge in [-0.3, -0.25) is 24.0 Å². The highest BCUT2D eigenvalue weighted by atomic mass is 32.2. The Morgan fingerprint density at radius 1 is 0.974 bits per heavy atom. The number of hydrogen-bond acceptors (Lipinski definition) is 7. The molecule has 214 valence electrons. The number of carbonyl (C=O) groups excluding carboxylic acids is 5. The molecule has 1 heterocycles. The number of aromatic nitrogens is 1. The molecule has 0 bridgehead atoms. The average molecular weight is 561 g/mol. The predicted molar refractivity (Wildman–Crippen MR) is 152 cm³/mol. The summed E-state index contributed by atoms with van der Waals surface area (Å²) in [5.41, 5.74) is 1.81. The van der Waals surface area contributed by atoms with Crippen molar-refractivity contribution in [1.29, 1.82) is 0 Å². The van der Waals surface area contributed by atoms with Crippen LogP contribution in [0.15, 0.2) is 30.5 Å². The Morgan fingerprint density at radius 3 is 2.31 bits per heavy atom. The van der Waals surface area contributed by atoms with Gasteiger partial charge in [0.2, 0.25) is 17.7 Å². The van der Waals surface area contributed by atoms with Crippen LogP contribution in [0.4, 0.5) is 0 Å². The van der Waals surface area contributed by atoms with E-state index < -0.39 is 29.1 Å². The first-order valence-electron chi connectivity index (χ1n) is 13.2. The van der Waals surface area contributed by atoms with E-state index in [1.807, 2.05) is 44.3 Å². The van der Waals surface area contributed by atoms with Crippen LogP contribution in [0.3, 0.4) is 0 Å². The molecule has 1 aromatic heterocycles. The van der Waals surface area contributed by atoms with Crippen molar-refractivity contribution in [2.45, 2.75) is 76.6 Å². The fourth-order valence-corrected chi connectivity index (χ4v) is 5.15. The van der Waals surface area contributed by atoms with Crippen LogP contribution in [-0.2, 0) is 35.1 Å². The Labute approximate surface area is 233 Å². The number of aromatic amines is 1. The molecule has 0 aliphatic rings. The first-order chi connectivity index (χ1) is 18.5. The number of ether oxygens (including phenoxy) is 1. The second kappa shape index (κ2) is 15.9. The molecule has 0 fully saturated rings. The molecule has 1 aromatic carbocycles. The lowest BCUT2D eigenvalue weighted by Crippen LogP contribution is -2.55. The largest absolute Gasteiger partial charge is 0.469 e. The van der Waals surface area contributed by atoms with Crippen LogP contribution in [0.5, 0.6) is 0 Å². The number of rotatable bonds is 15. The average Bonchev–Trinajstić information content (AvgIpc) is 3.31. The third-order valence-corrected chi connectivity index (χ3v) is 7.31. The summed E-state index contributed by atoms with van der Waals surface area (Å²) >= 11 is 0.905. The number of hydrogen-bond donors (Lipinski definition) is 4. The van der Waals surface area contributed by atoms with Crippen LogP contribution in [0.2, 0.25) is 0 Å². The molecule has 0 unspecified atom stereocenters. The Hall–Kier alpha value is -3.34. The van der Waals surface area contributed by atoms with E-state index in [-0.39, 0.29) is 35.8 Å². The number of carbonyl (C=O) groups is 5. The number of likely N-dealkylation sites (N-methyl/N-ethyl adjacent to an activating group) is 1. The van der Waals surface area contributed by atoms with Crippen LogP contribution in [0.1, 0.15) is 58.4 Å². The summed E-state index contributed by atoms with van der Waals surface area (Å²) in [6.07, 6.45) is 4.09. The lowest BCUT2D eigenvalue weighted by molar-refractivity contribution is -0.140. The molecule has 0 saturated heterocycles. The van der Waals surface area contributed by atoms with E-state index in [1.165, 1.54) is 21.1 Å². The van der Waals surface area contributed by atoms with Crippen LogP contribution < -0.4 is 16.0 Å². The molecule has 4 N–H and O–H groups in total. The maximum atomic E-state index is 13.4. The van der Waals surface area contributed by atoms with Crippen molar-refractivity contribution >= 4 is 51.5 Å². The molecular formula is C28H40N4O6S. The predicted octanol–water partition coefficient (Wildman–Crippen LogP) is 2.85. The zero-order chi connectivity index (χ0) is 28.9. The van der Waals surface area contributed by atoms with Gasteiger partial charge in [0.05, 0.1) is 12.4 Å². The first kappa shape index (κ1) is 31.9. The smallest absolute Gasteiger partial charge is 0.305 e. The highest BCUT2D eigenvalue weighted by Crippen LogP contribution is 2.21. The molecule has 3 atom stereocenters. The fraction of sp³-hybridized carbons (Fsp3) is 0.536. The van der Waals surface area contributed by atoms with Crippen LogP contribution in [0.25, 0.3) is 10.9 Å². The number of H-pyrrole nitrogens is 1. The third-order valence-electron chi connectivity index (χ3n) is 6.24. The normalized spacial score (nSPS) is 13.4. The highest BCUT2D eigenvalue weighted by Gasteiger charge is 2.30. The molecule has 39 heavy (non-hydrogen) atoms. The number of methoxy groups -OCH3 is 1. The summed E-state index contributed by atoms with van der Waals surface area (Å²) in [4.78, 5) is 65.7. The minimum atomic E-state index is -0.891. The molecule has 0 aliphatic carbocycles. The number of para-hydroxylation sites is 1. The lowest BCUT2D eigenvalue weighted by Gasteiger charge is -2.25. The summed E-state index contributed by atoms with van der Waals surface area (Å²) in [6, 6.07) is 5.96. The van der Waals surface area contributed by atoms with Crippen molar-refractivity contribution < 1.29 is 28.7 Å². The molecule has 0 aliphatic heterocycles. The number of thioether (sulfide) groups is 1. The van der Waals surface area contributed by atoms with Crippen LogP contribution in [0, 0.1) is 5.92 Å². The van der Waals surface area contributed by atoms with Crippen molar-refractivity contribution in [1.82, 2.24) is 20.9 Å². The second-order valence-corrected chi connectivity index (χ2v) is 11.2. The number of amides is 3. The SMILES string of the molecule is CNC(=O)[C@H](Cc1c[nH]c2ccccc12)NC(=O)[C@H](CC(C)C)NC(=O)[C@H](CCCCC(=O)OC)SC(C)=O. The number of unbranched alkanes of at least 4 members (excludes halogenated alkanes) is 1. The number of fused-ring (bicyclic) bond motifs is 1. The maximum Gasteiger partial charge on any atom is 0.305 e. The van der Waals surface area contributed by atoms with Gasteiger partial charge in [-0.25, -0.2) is 0 Å². The molecule has 2 rings (SSSR count). The minimum absolute atomic E-state index is 0.0760. The van der Waals surface area contributed by atoms with E-state index in [2.05, 4.69) is 25.7 Å². The monoisotopic (exact) mass is 560 g/mol. The van der Waals surface area contributed by atoms with Gasteiger partial charge in [-0.15, -0.1) is 0 Å². The Morgan fingerprint density at radius 2 is 1.67 bits per heavy atom. The van der Waals surface area contributed by atoms with Gasteiger partial charge in [0.15, 0.2) is 5.12 Å². The van der Waals surface area contributed by atoms with E-state index in [0.717, 1.165) is 28.2 Å². The maximum absolute atomic E-state index is 13.4. The second-order valence-electron chi connectivity index (χ2n) is 9.85. The first-order valence-corrected chi connectivity index (χ1v) is 14.0. The molecule has 0 spiro atoms. The van der Waals surface area contributed by atoms with Crippen molar-refractivity contribution in [3.8, 4) is 0 Å². The summed E-state index contributed by atoms with van der Waals surface area (Å²) in [5.74, 6) is -1.50. The molecule has 2 aromatic rings. The van der Waals surface area contributed by atoms with Gasteiger partial charge in [-0.1, -0.05) is 50.2 Å². The van der Waals surface area contributed by atoms with Gasteiger partial charge < -0.3 is 25.7 Å². The summed E-state index contributed by atoms with van der Waals surface area (Å²) in [6.45, 7) is 5.25. The van der Waals surface area contributed by atoms with E-state index in [9.17, 15) is 24.0 Å². The van der Waals surface area contributed by atoms with Crippen molar-refractivity contribution in [2.24, 2.45) is 5.92 Å². The Bertz CT molecular complexity index is 1150. The number of esters is 1. The van der Waals surface area contributed by atoms with Gasteiger partial charge in [-0.05, 0) is 36.8 Å². The van der Waals surface area contributed by atoms with Crippen molar-refractivity contribution in [2.75, 3.05) is 14.2 Å². The summed E-state index contributed by atoms with van der Waals surface area (Å²) < 4.78 is 4.64. The number of benzene rings is 1. The van der Waals surface area contributed by atoms with Gasteiger partial charge in [0.1, 0.15) is 12.1 Å². The fourth-order valence-electron chi connectivity index (χ4n) is 4.29. The van der Waals surface area contributed by atoms with Crippen molar-refractivity contribution in [3.05, 3.63) is 36.0 Å². The highest BCUT2D eigenvalue weighted by molar-refractivity contribution is 8.14. The van der Waals surface area contributed by atoms with Gasteiger partial charge in [0, 0.05) is 43.9 Å². The van der Waals surface area contributed by atoms with E-state index in [1.54, 1.807) is 0 Å². The Kier molecular flexibility index (Phi) is 13.0. The van der Waals surface area contributed by atoms with Gasteiger partial charge >= 0.3 is 5.97 Å². The minimum Gasteiger partial charge on any atom is -0.469 e. The quantitative estimate of drug-likeness (QED) is 0.193. The Balaban J connectivity index is 2.14. The standard InChI is InChI=1S/C28H40N4O6S/c1-17(2)14-22(32-28(37)24(39-18(3)33)12-8-9-13-25(34)38-5)27(36)31-23(26(35)29-4)15-19-16-30-21-11-7-6-10-20(19)21/h6-7,10-11,16-17,22-24,30H,8-9,12-15H2,1-5H3,(H,29,35)(H,31,36)(H,32,37)/t22-,23-,24-/m0/s1. The lowest BCUT2D eigenvalue weighted by atomic mass is 10.0.